The molecular weight excluding hydrogens is 284 g/mol. The molecule has 3 aromatic carbocycles. The first-order valence-electron chi connectivity index (χ1n) is 7.41. The third-order valence-corrected chi connectivity index (χ3v) is 3.89. The van der Waals surface area contributed by atoms with E-state index in [2.05, 4.69) is 4.98 Å². The van der Waals surface area contributed by atoms with Crippen molar-refractivity contribution in [3.63, 3.8) is 0 Å². The molecule has 0 atom stereocenters. The van der Waals surface area contributed by atoms with Crippen LogP contribution in [0.2, 0.25) is 0 Å². The molecule has 0 amide bonds. The maximum atomic E-state index is 6.00. The Morgan fingerprint density at radius 2 is 1.57 bits per heavy atom. The number of fused-ring (bicyclic) bond motifs is 1. The fraction of sp³-hybridized carbons (Fsp3) is 0. The van der Waals surface area contributed by atoms with Crippen LogP contribution >= 0.6 is 0 Å². The molecule has 0 bridgehead atoms. The van der Waals surface area contributed by atoms with Gasteiger partial charge in [0.15, 0.2) is 0 Å². The highest BCUT2D eigenvalue weighted by atomic mass is 14.9. The van der Waals surface area contributed by atoms with Crippen molar-refractivity contribution < 1.29 is 0 Å². The van der Waals surface area contributed by atoms with Gasteiger partial charge in [-0.3, -0.25) is 0 Å². The molecule has 4 aromatic rings. The summed E-state index contributed by atoms with van der Waals surface area (Å²) >= 11 is 0. The minimum Gasteiger partial charge on any atom is -0.399 e. The lowest BCUT2D eigenvalue weighted by Gasteiger charge is -2.09. The average Bonchev–Trinajstić information content (AvgIpc) is 2.98. The lowest BCUT2D eigenvalue weighted by molar-refractivity contribution is 1.34. The number of anilines is 2. The van der Waals surface area contributed by atoms with Gasteiger partial charge >= 0.3 is 0 Å². The van der Waals surface area contributed by atoms with Crippen LogP contribution in [-0.2, 0) is 0 Å². The van der Waals surface area contributed by atoms with Crippen molar-refractivity contribution in [2.75, 3.05) is 11.5 Å². The van der Waals surface area contributed by atoms with Crippen LogP contribution in [0.25, 0.3) is 33.5 Å². The van der Waals surface area contributed by atoms with Gasteiger partial charge in [0.2, 0.25) is 0 Å². The van der Waals surface area contributed by atoms with E-state index >= 15 is 0 Å². The van der Waals surface area contributed by atoms with Crippen LogP contribution in [0, 0.1) is 0 Å². The van der Waals surface area contributed by atoms with Gasteiger partial charge in [0, 0.05) is 16.9 Å². The summed E-state index contributed by atoms with van der Waals surface area (Å²) in [5, 5.41) is 0. The molecule has 0 radical (unpaired) electrons. The fourth-order valence-corrected chi connectivity index (χ4v) is 2.80. The summed E-state index contributed by atoms with van der Waals surface area (Å²) in [5.74, 6) is 0.802. The van der Waals surface area contributed by atoms with E-state index in [4.69, 9.17) is 16.5 Å². The van der Waals surface area contributed by atoms with E-state index in [-0.39, 0.29) is 0 Å². The van der Waals surface area contributed by atoms with Gasteiger partial charge in [0.25, 0.3) is 0 Å². The molecule has 0 aliphatic rings. The Labute approximate surface area is 133 Å². The van der Waals surface area contributed by atoms with Gasteiger partial charge in [0.05, 0.1) is 11.0 Å². The van der Waals surface area contributed by atoms with Crippen LogP contribution in [0.15, 0.2) is 66.7 Å². The largest absolute Gasteiger partial charge is 0.399 e. The van der Waals surface area contributed by atoms with Crippen molar-refractivity contribution in [3.05, 3.63) is 66.7 Å². The molecule has 0 spiro atoms. The number of nitrogens with one attached hydrogen (secondary N) is 1. The second-order valence-electron chi connectivity index (χ2n) is 5.53. The molecule has 0 aliphatic carbocycles. The van der Waals surface area contributed by atoms with Crippen molar-refractivity contribution in [1.29, 1.82) is 0 Å². The zero-order valence-electron chi connectivity index (χ0n) is 12.5. The van der Waals surface area contributed by atoms with E-state index < -0.39 is 0 Å². The van der Waals surface area contributed by atoms with E-state index in [1.165, 1.54) is 0 Å². The number of H-pyrrole nitrogens is 1. The lowest BCUT2D eigenvalue weighted by Crippen LogP contribution is -1.92. The second-order valence-corrected chi connectivity index (χ2v) is 5.53. The van der Waals surface area contributed by atoms with Crippen LogP contribution in [-0.4, -0.2) is 9.97 Å². The van der Waals surface area contributed by atoms with Crippen LogP contribution in [0.4, 0.5) is 11.4 Å². The number of imidazole rings is 1. The van der Waals surface area contributed by atoms with Crippen molar-refractivity contribution in [2.45, 2.75) is 0 Å². The Morgan fingerprint density at radius 1 is 0.739 bits per heavy atom. The summed E-state index contributed by atoms with van der Waals surface area (Å²) in [7, 11) is 0. The summed E-state index contributed by atoms with van der Waals surface area (Å²) in [4.78, 5) is 8.06. The normalized spacial score (nSPS) is 11.0. The zero-order valence-corrected chi connectivity index (χ0v) is 12.5. The van der Waals surface area contributed by atoms with Gasteiger partial charge in [-0.15, -0.1) is 0 Å². The maximum Gasteiger partial charge on any atom is 0.139 e. The minimum atomic E-state index is 0.702. The number of nitrogens with two attached hydrogens (primary N) is 2. The Hall–Kier alpha value is -3.27. The first-order chi connectivity index (χ1) is 11.2. The summed E-state index contributed by atoms with van der Waals surface area (Å²) in [5.41, 5.74) is 18.4. The van der Waals surface area contributed by atoms with E-state index in [1.807, 2.05) is 66.7 Å². The minimum absolute atomic E-state index is 0.702. The average molecular weight is 300 g/mol. The predicted molar refractivity (Wildman–Crippen MR) is 95.8 cm³/mol. The smallest absolute Gasteiger partial charge is 0.139 e. The number of para-hydroxylation sites is 2. The van der Waals surface area contributed by atoms with Crippen LogP contribution < -0.4 is 11.5 Å². The zero-order chi connectivity index (χ0) is 15.8. The van der Waals surface area contributed by atoms with E-state index in [9.17, 15) is 0 Å². The first kappa shape index (κ1) is 13.4. The van der Waals surface area contributed by atoms with E-state index in [0.29, 0.717) is 5.69 Å². The van der Waals surface area contributed by atoms with E-state index in [1.54, 1.807) is 0 Å². The van der Waals surface area contributed by atoms with Gasteiger partial charge in [-0.1, -0.05) is 30.3 Å². The molecule has 0 aliphatic heterocycles. The van der Waals surface area contributed by atoms with Crippen LogP contribution in [0.5, 0.6) is 0 Å². The highest BCUT2D eigenvalue weighted by Crippen LogP contribution is 2.33. The molecule has 0 unspecified atom stereocenters. The summed E-state index contributed by atoms with van der Waals surface area (Å²) < 4.78 is 0. The molecule has 1 heterocycles. The standard InChI is InChI=1S/C19H16N4/c20-13-5-3-4-12(10-13)15-9-8-14(21)11-16(15)19-22-17-6-1-2-7-18(17)23-19/h1-11H,20-21H2,(H,22,23). The Balaban J connectivity index is 1.95. The lowest BCUT2D eigenvalue weighted by atomic mass is 9.98. The molecule has 4 nitrogen and oxygen atoms in total. The molecule has 112 valence electrons. The molecule has 1 aromatic heterocycles. The molecule has 23 heavy (non-hydrogen) atoms. The van der Waals surface area contributed by atoms with Crippen molar-refractivity contribution in [1.82, 2.24) is 9.97 Å². The van der Waals surface area contributed by atoms with Gasteiger partial charge in [0.1, 0.15) is 5.82 Å². The molecule has 0 fully saturated rings. The number of hydrogen-bond acceptors (Lipinski definition) is 3. The van der Waals surface area contributed by atoms with E-state index in [0.717, 1.165) is 39.2 Å². The van der Waals surface area contributed by atoms with Gasteiger partial charge in [-0.05, 0) is 47.5 Å². The molecule has 5 N–H and O–H groups in total. The summed E-state index contributed by atoms with van der Waals surface area (Å²) in [6.45, 7) is 0. The highest BCUT2D eigenvalue weighted by Gasteiger charge is 2.12. The number of nitrogens with zero attached hydrogens (tertiary/aromatic N) is 1. The van der Waals surface area contributed by atoms with Crippen LogP contribution in [0.1, 0.15) is 0 Å². The molecular formula is C19H16N4. The molecule has 0 saturated heterocycles. The second kappa shape index (κ2) is 5.18. The van der Waals surface area contributed by atoms with Gasteiger partial charge in [-0.2, -0.15) is 0 Å². The van der Waals surface area contributed by atoms with Gasteiger partial charge < -0.3 is 16.5 Å². The third-order valence-electron chi connectivity index (χ3n) is 3.89. The monoisotopic (exact) mass is 300 g/mol. The predicted octanol–water partition coefficient (Wildman–Crippen LogP) is 4.06. The highest BCUT2D eigenvalue weighted by molar-refractivity contribution is 5.87. The SMILES string of the molecule is Nc1cccc(-c2ccc(N)cc2-c2nc3ccccc3[nH]2)c1. The quantitative estimate of drug-likeness (QED) is 0.488. The number of rotatable bonds is 2. The molecule has 0 saturated carbocycles. The van der Waals surface area contributed by atoms with Gasteiger partial charge in [-0.25, -0.2) is 4.98 Å². The number of hydrogen-bond donors (Lipinski definition) is 3. The fourth-order valence-electron chi connectivity index (χ4n) is 2.80. The van der Waals surface area contributed by atoms with Crippen LogP contribution in [0.3, 0.4) is 0 Å². The Morgan fingerprint density at radius 3 is 2.39 bits per heavy atom. The number of aromatic nitrogens is 2. The topological polar surface area (TPSA) is 80.7 Å². The van der Waals surface area contributed by atoms with Crippen molar-refractivity contribution >= 4 is 22.4 Å². The summed E-state index contributed by atoms with van der Waals surface area (Å²) in [6.07, 6.45) is 0. The Bertz CT molecular complexity index is 968. The summed E-state index contributed by atoms with van der Waals surface area (Å²) in [6, 6.07) is 21.6. The molecule has 4 rings (SSSR count). The first-order valence-corrected chi connectivity index (χ1v) is 7.41. The Kier molecular flexibility index (Phi) is 3.01. The van der Waals surface area contributed by atoms with Crippen molar-refractivity contribution in [2.24, 2.45) is 0 Å². The maximum absolute atomic E-state index is 6.00. The number of benzene rings is 3. The molecule has 4 heteroatoms. The third kappa shape index (κ3) is 2.40. The number of nitrogen functional groups attached to an aromatic ring is 2. The van der Waals surface area contributed by atoms with Crippen molar-refractivity contribution in [3.8, 4) is 22.5 Å². The number of aromatic amines is 1.